The SMILES string of the molecule is CC1(C)[C@@H]2CNC[C@@H]21.O=S(=O)(O)O. The van der Waals surface area contributed by atoms with Crippen LogP contribution in [0.25, 0.3) is 0 Å². The fourth-order valence-electron chi connectivity index (χ4n) is 2.06. The highest BCUT2D eigenvalue weighted by Gasteiger charge is 2.59. The standard InChI is InChI=1S/C7H13N.H2O4S/c1-7(2)5-3-8-4-6(5)7;1-5(2,3)4/h5-6,8H,3-4H2,1-2H3;(H2,1,2,3,4)/t5-,6+;. The first-order chi connectivity index (χ1) is 5.73. The van der Waals surface area contributed by atoms with E-state index in [-0.39, 0.29) is 0 Å². The smallest absolute Gasteiger partial charge is 0.316 e. The van der Waals surface area contributed by atoms with Gasteiger partial charge in [0.05, 0.1) is 0 Å². The van der Waals surface area contributed by atoms with Crippen molar-refractivity contribution in [3.05, 3.63) is 0 Å². The van der Waals surface area contributed by atoms with Gasteiger partial charge < -0.3 is 5.32 Å². The van der Waals surface area contributed by atoms with E-state index in [2.05, 4.69) is 19.2 Å². The molecular weight excluding hydrogens is 194 g/mol. The Kier molecular flexibility index (Phi) is 2.68. The van der Waals surface area contributed by atoms with Crippen LogP contribution in [0, 0.1) is 17.3 Å². The molecule has 0 radical (unpaired) electrons. The first-order valence-electron chi connectivity index (χ1n) is 4.13. The lowest BCUT2D eigenvalue weighted by Gasteiger charge is -2.06. The molecule has 2 aliphatic rings. The van der Waals surface area contributed by atoms with Gasteiger partial charge in [-0.25, -0.2) is 0 Å². The molecule has 0 unspecified atom stereocenters. The molecule has 1 aliphatic heterocycles. The third kappa shape index (κ3) is 2.91. The van der Waals surface area contributed by atoms with E-state index >= 15 is 0 Å². The summed E-state index contributed by atoms with van der Waals surface area (Å²) >= 11 is 0. The number of piperidine rings is 1. The highest BCUT2D eigenvalue weighted by atomic mass is 32.3. The van der Waals surface area contributed by atoms with Gasteiger partial charge in [-0.3, -0.25) is 9.11 Å². The van der Waals surface area contributed by atoms with Gasteiger partial charge in [0, 0.05) is 0 Å². The quantitative estimate of drug-likeness (QED) is 0.496. The normalized spacial score (nSPS) is 34.5. The summed E-state index contributed by atoms with van der Waals surface area (Å²) in [7, 11) is -4.67. The number of rotatable bonds is 0. The van der Waals surface area contributed by atoms with E-state index in [4.69, 9.17) is 17.5 Å². The van der Waals surface area contributed by atoms with Gasteiger partial charge in [-0.15, -0.1) is 0 Å². The largest absolute Gasteiger partial charge is 0.394 e. The maximum absolute atomic E-state index is 8.74. The van der Waals surface area contributed by atoms with E-state index in [1.807, 2.05) is 0 Å². The van der Waals surface area contributed by atoms with Crippen molar-refractivity contribution < 1.29 is 17.5 Å². The third-order valence-electron chi connectivity index (χ3n) is 3.02. The van der Waals surface area contributed by atoms with Gasteiger partial charge in [0.2, 0.25) is 0 Å². The van der Waals surface area contributed by atoms with Gasteiger partial charge >= 0.3 is 10.4 Å². The van der Waals surface area contributed by atoms with E-state index in [0.717, 1.165) is 11.8 Å². The van der Waals surface area contributed by atoms with Gasteiger partial charge in [-0.1, -0.05) is 13.8 Å². The van der Waals surface area contributed by atoms with Crippen LogP contribution in [0.15, 0.2) is 0 Å². The summed E-state index contributed by atoms with van der Waals surface area (Å²) in [5.74, 6) is 2.03. The average molecular weight is 209 g/mol. The fourth-order valence-corrected chi connectivity index (χ4v) is 2.06. The summed E-state index contributed by atoms with van der Waals surface area (Å²) in [5.41, 5.74) is 0.700. The molecule has 0 aromatic rings. The summed E-state index contributed by atoms with van der Waals surface area (Å²) in [4.78, 5) is 0. The van der Waals surface area contributed by atoms with Crippen molar-refractivity contribution in [3.8, 4) is 0 Å². The van der Waals surface area contributed by atoms with Crippen molar-refractivity contribution in [3.63, 3.8) is 0 Å². The zero-order chi connectivity index (χ0) is 10.3. The van der Waals surface area contributed by atoms with Gasteiger partial charge in [0.25, 0.3) is 0 Å². The molecule has 2 fully saturated rings. The molecule has 2 rings (SSSR count). The van der Waals surface area contributed by atoms with Crippen molar-refractivity contribution in [2.75, 3.05) is 13.1 Å². The van der Waals surface area contributed by atoms with Gasteiger partial charge in [0.15, 0.2) is 0 Å². The minimum absolute atomic E-state index is 0.700. The Morgan fingerprint density at radius 3 is 1.69 bits per heavy atom. The molecule has 3 N–H and O–H groups in total. The summed E-state index contributed by atoms with van der Waals surface area (Å²) in [6.07, 6.45) is 0. The van der Waals surface area contributed by atoms with E-state index < -0.39 is 10.4 Å². The molecule has 5 nitrogen and oxygen atoms in total. The lowest BCUT2D eigenvalue weighted by Crippen LogP contribution is -2.17. The summed E-state index contributed by atoms with van der Waals surface area (Å²) < 4.78 is 31.6. The zero-order valence-electron chi connectivity index (χ0n) is 7.69. The molecule has 1 saturated carbocycles. The zero-order valence-corrected chi connectivity index (χ0v) is 8.50. The molecule has 0 aromatic carbocycles. The maximum Gasteiger partial charge on any atom is 0.394 e. The fraction of sp³-hybridized carbons (Fsp3) is 1.00. The first-order valence-corrected chi connectivity index (χ1v) is 5.53. The average Bonchev–Trinajstić information content (AvgIpc) is 2.32. The molecule has 2 atom stereocenters. The van der Waals surface area contributed by atoms with Crippen LogP contribution in [0.3, 0.4) is 0 Å². The third-order valence-corrected chi connectivity index (χ3v) is 3.02. The predicted octanol–water partition coefficient (Wildman–Crippen LogP) is 0.209. The Hall–Kier alpha value is -0.170. The second-order valence-electron chi connectivity index (χ2n) is 4.14. The van der Waals surface area contributed by atoms with Crippen molar-refractivity contribution in [2.45, 2.75) is 13.8 Å². The highest BCUT2D eigenvalue weighted by molar-refractivity contribution is 7.79. The van der Waals surface area contributed by atoms with Crippen molar-refractivity contribution in [1.29, 1.82) is 0 Å². The molecule has 1 heterocycles. The Balaban J connectivity index is 0.000000149. The molecule has 0 aromatic heterocycles. The molecule has 0 amide bonds. The molecular formula is C7H15NO4S. The van der Waals surface area contributed by atoms with E-state index in [1.165, 1.54) is 13.1 Å². The molecule has 0 bridgehead atoms. The van der Waals surface area contributed by atoms with E-state index in [1.54, 1.807) is 0 Å². The van der Waals surface area contributed by atoms with Crippen molar-refractivity contribution in [2.24, 2.45) is 17.3 Å². The van der Waals surface area contributed by atoms with Gasteiger partial charge in [-0.05, 0) is 30.3 Å². The lowest BCUT2D eigenvalue weighted by molar-refractivity contribution is 0.381. The Morgan fingerprint density at radius 2 is 1.54 bits per heavy atom. The summed E-state index contributed by atoms with van der Waals surface area (Å²) in [6, 6.07) is 0. The van der Waals surface area contributed by atoms with E-state index in [0.29, 0.717) is 5.41 Å². The van der Waals surface area contributed by atoms with Crippen LogP contribution in [0.5, 0.6) is 0 Å². The Morgan fingerprint density at radius 1 is 1.23 bits per heavy atom. The summed E-state index contributed by atoms with van der Waals surface area (Å²) in [6.45, 7) is 7.31. The molecule has 1 aliphatic carbocycles. The molecule has 6 heteroatoms. The second-order valence-corrected chi connectivity index (χ2v) is 5.04. The van der Waals surface area contributed by atoms with E-state index in [9.17, 15) is 0 Å². The van der Waals surface area contributed by atoms with Crippen molar-refractivity contribution >= 4 is 10.4 Å². The second kappa shape index (κ2) is 3.20. The summed E-state index contributed by atoms with van der Waals surface area (Å²) in [5, 5.41) is 3.38. The highest BCUT2D eigenvalue weighted by Crippen LogP contribution is 2.59. The van der Waals surface area contributed by atoms with Gasteiger partial charge in [-0.2, -0.15) is 8.42 Å². The molecule has 1 saturated heterocycles. The Bertz CT molecular complexity index is 265. The molecule has 0 spiro atoms. The van der Waals surface area contributed by atoms with Crippen LogP contribution in [0.4, 0.5) is 0 Å². The molecule has 13 heavy (non-hydrogen) atoms. The minimum atomic E-state index is -4.67. The monoisotopic (exact) mass is 209 g/mol. The van der Waals surface area contributed by atoms with Crippen LogP contribution in [-0.4, -0.2) is 30.6 Å². The molecule has 78 valence electrons. The van der Waals surface area contributed by atoms with Crippen LogP contribution in [0.2, 0.25) is 0 Å². The lowest BCUT2D eigenvalue weighted by atomic mass is 10.1. The van der Waals surface area contributed by atoms with Crippen LogP contribution in [0.1, 0.15) is 13.8 Å². The predicted molar refractivity (Wildman–Crippen MR) is 47.8 cm³/mol. The number of fused-ring (bicyclic) bond motifs is 1. The van der Waals surface area contributed by atoms with Crippen LogP contribution < -0.4 is 5.32 Å². The number of nitrogens with one attached hydrogen (secondary N) is 1. The Labute approximate surface area is 78.1 Å². The van der Waals surface area contributed by atoms with Crippen molar-refractivity contribution in [1.82, 2.24) is 5.32 Å². The van der Waals surface area contributed by atoms with Gasteiger partial charge in [0.1, 0.15) is 0 Å². The van der Waals surface area contributed by atoms with Crippen LogP contribution >= 0.6 is 0 Å². The minimum Gasteiger partial charge on any atom is -0.316 e. The van der Waals surface area contributed by atoms with Crippen LogP contribution in [-0.2, 0) is 10.4 Å². The topological polar surface area (TPSA) is 86.6 Å². The maximum atomic E-state index is 8.74. The first kappa shape index (κ1) is 10.9. The number of hydrogen-bond donors (Lipinski definition) is 3. The number of hydrogen-bond acceptors (Lipinski definition) is 3.